The molecule has 1 saturated heterocycles. The molecule has 0 saturated carbocycles. The Kier molecular flexibility index (Phi) is 6.10. The van der Waals surface area contributed by atoms with Gasteiger partial charge in [0.2, 0.25) is 5.91 Å². The molecule has 1 N–H and O–H groups in total. The first-order valence-electron chi connectivity index (χ1n) is 9.88. The number of carbonyl (C=O) groups is 1. The van der Waals surface area contributed by atoms with Crippen LogP contribution >= 0.6 is 11.3 Å². The van der Waals surface area contributed by atoms with Crippen molar-refractivity contribution in [1.29, 1.82) is 0 Å². The van der Waals surface area contributed by atoms with Crippen LogP contribution in [0.5, 0.6) is 5.75 Å². The number of carbonyl (C=O) groups excluding carboxylic acids is 1. The van der Waals surface area contributed by atoms with Crippen LogP contribution in [-0.2, 0) is 17.8 Å². The number of ether oxygens (including phenoxy) is 1. The number of thiazole rings is 1. The van der Waals surface area contributed by atoms with Crippen LogP contribution in [0.25, 0.3) is 0 Å². The first-order chi connectivity index (χ1) is 14.2. The minimum atomic E-state index is 0.138. The molecule has 150 valence electrons. The summed E-state index contributed by atoms with van der Waals surface area (Å²) in [7, 11) is 0. The van der Waals surface area contributed by atoms with E-state index < -0.39 is 0 Å². The minimum Gasteiger partial charge on any atom is -0.486 e. The number of likely N-dealkylation sites (tertiary alicyclic amines) is 1. The lowest BCUT2D eigenvalue weighted by Crippen LogP contribution is -2.32. The zero-order valence-electron chi connectivity index (χ0n) is 16.5. The van der Waals surface area contributed by atoms with E-state index in [0.29, 0.717) is 19.1 Å². The van der Waals surface area contributed by atoms with Crippen LogP contribution in [0.15, 0.2) is 60.0 Å². The topological polar surface area (TPSA) is 54.5 Å². The zero-order valence-corrected chi connectivity index (χ0v) is 17.3. The van der Waals surface area contributed by atoms with E-state index in [1.165, 1.54) is 16.9 Å². The van der Waals surface area contributed by atoms with Crippen molar-refractivity contribution in [3.8, 4) is 5.75 Å². The molecule has 0 spiro atoms. The number of anilines is 1. The summed E-state index contributed by atoms with van der Waals surface area (Å²) < 4.78 is 5.78. The van der Waals surface area contributed by atoms with E-state index in [2.05, 4.69) is 22.4 Å². The van der Waals surface area contributed by atoms with Crippen molar-refractivity contribution < 1.29 is 9.53 Å². The van der Waals surface area contributed by atoms with Crippen LogP contribution in [0.2, 0.25) is 0 Å². The summed E-state index contributed by atoms with van der Waals surface area (Å²) in [5.41, 5.74) is 3.13. The Labute approximate surface area is 175 Å². The first kappa shape index (κ1) is 19.5. The van der Waals surface area contributed by atoms with E-state index in [1.807, 2.05) is 59.7 Å². The molecule has 2 heterocycles. The van der Waals surface area contributed by atoms with Gasteiger partial charge in [0.1, 0.15) is 17.4 Å². The van der Waals surface area contributed by atoms with Crippen molar-refractivity contribution in [2.75, 3.05) is 18.4 Å². The summed E-state index contributed by atoms with van der Waals surface area (Å²) in [6.45, 7) is 4.00. The van der Waals surface area contributed by atoms with Gasteiger partial charge in [0.15, 0.2) is 0 Å². The maximum Gasteiger partial charge on any atom is 0.228 e. The second kappa shape index (κ2) is 9.09. The van der Waals surface area contributed by atoms with Gasteiger partial charge in [0.25, 0.3) is 0 Å². The molecule has 5 nitrogen and oxygen atoms in total. The summed E-state index contributed by atoms with van der Waals surface area (Å²) in [6.07, 6.45) is 1.31. The lowest BCUT2D eigenvalue weighted by atomic mass is 10.2. The van der Waals surface area contributed by atoms with Crippen molar-refractivity contribution >= 4 is 22.9 Å². The SMILES string of the molecule is Cc1ccc(OCc2nc(CC(=O)N3CCC(Nc4ccccc4)C3)cs2)cc1. The molecular weight excluding hydrogens is 382 g/mol. The van der Waals surface area contributed by atoms with Gasteiger partial charge in [0.05, 0.1) is 12.1 Å². The summed E-state index contributed by atoms with van der Waals surface area (Å²) >= 11 is 1.54. The smallest absolute Gasteiger partial charge is 0.228 e. The number of aromatic nitrogens is 1. The molecule has 1 aliphatic rings. The highest BCUT2D eigenvalue weighted by Crippen LogP contribution is 2.19. The molecule has 3 aromatic rings. The highest BCUT2D eigenvalue weighted by Gasteiger charge is 2.26. The van der Waals surface area contributed by atoms with Gasteiger partial charge < -0.3 is 15.0 Å². The molecule has 29 heavy (non-hydrogen) atoms. The predicted octanol–water partition coefficient (Wildman–Crippen LogP) is 4.29. The van der Waals surface area contributed by atoms with Crippen molar-refractivity contribution in [3.63, 3.8) is 0 Å². The van der Waals surface area contributed by atoms with E-state index in [1.54, 1.807) is 0 Å². The Bertz CT molecular complexity index is 940. The third-order valence-corrected chi connectivity index (χ3v) is 5.87. The van der Waals surface area contributed by atoms with Gasteiger partial charge in [-0.1, -0.05) is 35.9 Å². The van der Waals surface area contributed by atoms with Gasteiger partial charge in [0, 0.05) is 30.2 Å². The normalized spacial score (nSPS) is 16.0. The molecule has 1 aromatic heterocycles. The fraction of sp³-hybridized carbons (Fsp3) is 0.304. The molecule has 1 fully saturated rings. The van der Waals surface area contributed by atoms with Crippen LogP contribution in [0.3, 0.4) is 0 Å². The van der Waals surface area contributed by atoms with E-state index >= 15 is 0 Å². The standard InChI is InChI=1S/C23H25N3O2S/c1-17-7-9-21(10-8-17)28-15-22-25-20(16-29-22)13-23(27)26-12-11-19(14-26)24-18-5-3-2-4-6-18/h2-10,16,19,24H,11-15H2,1H3. The van der Waals surface area contributed by atoms with Gasteiger partial charge in [-0.05, 0) is 37.6 Å². The molecule has 1 aliphatic heterocycles. The van der Waals surface area contributed by atoms with Crippen molar-refractivity contribution in [3.05, 3.63) is 76.2 Å². The van der Waals surface area contributed by atoms with E-state index in [9.17, 15) is 4.79 Å². The van der Waals surface area contributed by atoms with E-state index in [0.717, 1.165) is 41.6 Å². The number of para-hydroxylation sites is 1. The molecule has 1 atom stereocenters. The summed E-state index contributed by atoms with van der Waals surface area (Å²) in [5.74, 6) is 0.969. The molecule has 1 amide bonds. The maximum atomic E-state index is 12.7. The second-order valence-corrected chi connectivity index (χ2v) is 8.29. The van der Waals surface area contributed by atoms with Gasteiger partial charge in [-0.15, -0.1) is 11.3 Å². The largest absolute Gasteiger partial charge is 0.486 e. The fourth-order valence-electron chi connectivity index (χ4n) is 3.42. The predicted molar refractivity (Wildman–Crippen MR) is 116 cm³/mol. The summed E-state index contributed by atoms with van der Waals surface area (Å²) in [5, 5.41) is 6.35. The summed E-state index contributed by atoms with van der Waals surface area (Å²) in [6, 6.07) is 18.4. The zero-order chi connectivity index (χ0) is 20.1. The third-order valence-electron chi connectivity index (χ3n) is 5.00. The van der Waals surface area contributed by atoms with Crippen LogP contribution < -0.4 is 10.1 Å². The average Bonchev–Trinajstić information content (AvgIpc) is 3.38. The quantitative estimate of drug-likeness (QED) is 0.635. The molecule has 0 bridgehead atoms. The maximum absolute atomic E-state index is 12.7. The number of hydrogen-bond donors (Lipinski definition) is 1. The Morgan fingerprint density at radius 1 is 1.21 bits per heavy atom. The number of aryl methyl sites for hydroxylation is 1. The van der Waals surface area contributed by atoms with Crippen molar-refractivity contribution in [2.45, 2.75) is 32.4 Å². The van der Waals surface area contributed by atoms with Gasteiger partial charge in [-0.2, -0.15) is 0 Å². The van der Waals surface area contributed by atoms with Gasteiger partial charge in [-0.25, -0.2) is 4.98 Å². The lowest BCUT2D eigenvalue weighted by Gasteiger charge is -2.17. The molecule has 0 aliphatic carbocycles. The number of nitrogens with one attached hydrogen (secondary N) is 1. The van der Waals surface area contributed by atoms with Crippen LogP contribution in [0, 0.1) is 6.92 Å². The van der Waals surface area contributed by atoms with Crippen LogP contribution in [0.1, 0.15) is 22.7 Å². The number of rotatable bonds is 7. The molecule has 1 unspecified atom stereocenters. The van der Waals surface area contributed by atoms with Crippen LogP contribution in [0.4, 0.5) is 5.69 Å². The Morgan fingerprint density at radius 2 is 2.00 bits per heavy atom. The second-order valence-electron chi connectivity index (χ2n) is 7.35. The highest BCUT2D eigenvalue weighted by atomic mass is 32.1. The molecular formula is C23H25N3O2S. The molecule has 4 rings (SSSR count). The third kappa shape index (κ3) is 5.35. The van der Waals surface area contributed by atoms with Crippen molar-refractivity contribution in [1.82, 2.24) is 9.88 Å². The number of amides is 1. The Balaban J connectivity index is 1.25. The van der Waals surface area contributed by atoms with Crippen molar-refractivity contribution in [2.24, 2.45) is 0 Å². The van der Waals surface area contributed by atoms with Crippen LogP contribution in [-0.4, -0.2) is 34.9 Å². The number of nitrogens with zero attached hydrogens (tertiary/aromatic N) is 2. The fourth-order valence-corrected chi connectivity index (χ4v) is 4.12. The molecule has 6 heteroatoms. The lowest BCUT2D eigenvalue weighted by molar-refractivity contribution is -0.129. The summed E-state index contributed by atoms with van der Waals surface area (Å²) in [4.78, 5) is 19.2. The van der Waals surface area contributed by atoms with Gasteiger partial charge >= 0.3 is 0 Å². The Morgan fingerprint density at radius 3 is 2.79 bits per heavy atom. The molecule has 0 radical (unpaired) electrons. The Hall–Kier alpha value is -2.86. The average molecular weight is 408 g/mol. The molecule has 2 aromatic carbocycles. The highest BCUT2D eigenvalue weighted by molar-refractivity contribution is 7.09. The van der Waals surface area contributed by atoms with E-state index in [-0.39, 0.29) is 5.91 Å². The first-order valence-corrected chi connectivity index (χ1v) is 10.8. The number of hydrogen-bond acceptors (Lipinski definition) is 5. The van der Waals surface area contributed by atoms with Gasteiger partial charge in [-0.3, -0.25) is 4.79 Å². The monoisotopic (exact) mass is 407 g/mol. The minimum absolute atomic E-state index is 0.138. The van der Waals surface area contributed by atoms with E-state index in [4.69, 9.17) is 4.74 Å². The number of benzene rings is 2.